The number of rotatable bonds is 7. The van der Waals surface area contributed by atoms with Crippen molar-refractivity contribution in [2.45, 2.75) is 25.9 Å². The second-order valence-electron chi connectivity index (χ2n) is 5.92. The van der Waals surface area contributed by atoms with Crippen LogP contribution in [0.25, 0.3) is 0 Å². The number of carbonyl (C=O) groups excluding carboxylic acids is 2. The van der Waals surface area contributed by atoms with Gasteiger partial charge in [-0.3, -0.25) is 14.3 Å². The van der Waals surface area contributed by atoms with Crippen molar-refractivity contribution in [3.05, 3.63) is 48.3 Å². The summed E-state index contributed by atoms with van der Waals surface area (Å²) in [4.78, 5) is 24.5. The van der Waals surface area contributed by atoms with Crippen LogP contribution < -0.4 is 5.32 Å². The van der Waals surface area contributed by atoms with Crippen molar-refractivity contribution in [1.29, 1.82) is 0 Å². The molecule has 1 aliphatic heterocycles. The van der Waals surface area contributed by atoms with Crippen LogP contribution in [0.3, 0.4) is 0 Å². The van der Waals surface area contributed by atoms with Crippen LogP contribution in [-0.4, -0.2) is 46.0 Å². The molecule has 136 valence electrons. The van der Waals surface area contributed by atoms with Crippen LogP contribution in [0.2, 0.25) is 0 Å². The Balaban J connectivity index is 1.65. The Hall–Kier alpha value is -3.00. The van der Waals surface area contributed by atoms with Crippen molar-refractivity contribution in [1.82, 2.24) is 14.8 Å². The van der Waals surface area contributed by atoms with Gasteiger partial charge in [-0.1, -0.05) is 30.3 Å². The molecule has 26 heavy (non-hydrogen) atoms. The topological polar surface area (TPSA) is 88.8 Å². The maximum Gasteiger partial charge on any atom is 0.271 e. The standard InChI is InChI=1S/C18H21N5O3/c1-26-10-9-22-13-15(11-19-22)20-18(25)16-7-8-17(24)23(21-16)12-14-5-3-2-4-6-14/h2-6,11,13H,7-10,12H2,1H3,(H,20,25). The van der Waals surface area contributed by atoms with Crippen molar-refractivity contribution in [3.63, 3.8) is 0 Å². The lowest BCUT2D eigenvalue weighted by molar-refractivity contribution is -0.132. The molecule has 2 heterocycles. The minimum Gasteiger partial charge on any atom is -0.383 e. The number of hydrogen-bond donors (Lipinski definition) is 1. The Morgan fingerprint density at radius 1 is 1.27 bits per heavy atom. The highest BCUT2D eigenvalue weighted by molar-refractivity contribution is 6.43. The number of benzene rings is 1. The average molecular weight is 355 g/mol. The highest BCUT2D eigenvalue weighted by Crippen LogP contribution is 2.15. The number of aromatic nitrogens is 2. The zero-order chi connectivity index (χ0) is 18.4. The van der Waals surface area contributed by atoms with E-state index in [1.807, 2.05) is 30.3 Å². The molecule has 0 saturated carbocycles. The molecule has 1 aromatic carbocycles. The van der Waals surface area contributed by atoms with E-state index in [0.29, 0.717) is 37.5 Å². The van der Waals surface area contributed by atoms with E-state index in [9.17, 15) is 9.59 Å². The molecule has 0 bridgehead atoms. The number of nitrogens with zero attached hydrogens (tertiary/aromatic N) is 4. The van der Waals surface area contributed by atoms with Crippen molar-refractivity contribution in [2.24, 2.45) is 5.10 Å². The summed E-state index contributed by atoms with van der Waals surface area (Å²) in [7, 11) is 1.62. The number of amides is 2. The third kappa shape index (κ3) is 4.54. The van der Waals surface area contributed by atoms with E-state index in [1.165, 1.54) is 5.01 Å². The van der Waals surface area contributed by atoms with Gasteiger partial charge >= 0.3 is 0 Å². The number of methoxy groups -OCH3 is 1. The number of ether oxygens (including phenoxy) is 1. The van der Waals surface area contributed by atoms with Crippen molar-refractivity contribution < 1.29 is 14.3 Å². The fourth-order valence-electron chi connectivity index (χ4n) is 2.58. The summed E-state index contributed by atoms with van der Waals surface area (Å²) in [6.07, 6.45) is 3.90. The third-order valence-corrected chi connectivity index (χ3v) is 3.96. The van der Waals surface area contributed by atoms with Crippen LogP contribution in [-0.2, 0) is 27.4 Å². The van der Waals surface area contributed by atoms with Gasteiger partial charge < -0.3 is 10.1 Å². The molecule has 0 spiro atoms. The van der Waals surface area contributed by atoms with Gasteiger partial charge in [-0.15, -0.1) is 0 Å². The van der Waals surface area contributed by atoms with Gasteiger partial charge in [0, 0.05) is 26.1 Å². The minimum atomic E-state index is -0.318. The highest BCUT2D eigenvalue weighted by Gasteiger charge is 2.24. The highest BCUT2D eigenvalue weighted by atomic mass is 16.5. The lowest BCUT2D eigenvalue weighted by Gasteiger charge is -2.23. The van der Waals surface area contributed by atoms with E-state index in [4.69, 9.17) is 4.74 Å². The van der Waals surface area contributed by atoms with Gasteiger partial charge in [0.05, 0.1) is 31.6 Å². The van der Waals surface area contributed by atoms with E-state index < -0.39 is 0 Å². The molecule has 1 aliphatic rings. The Kier molecular flexibility index (Phi) is 5.75. The average Bonchev–Trinajstić information content (AvgIpc) is 3.10. The van der Waals surface area contributed by atoms with Crippen LogP contribution in [0, 0.1) is 0 Å². The molecule has 0 fully saturated rings. The SMILES string of the molecule is COCCn1cc(NC(=O)C2=NN(Cc3ccccc3)C(=O)CC2)cn1. The molecule has 1 N–H and O–H groups in total. The number of hydrogen-bond acceptors (Lipinski definition) is 5. The predicted molar refractivity (Wildman–Crippen MR) is 96.4 cm³/mol. The fourth-order valence-corrected chi connectivity index (χ4v) is 2.58. The number of anilines is 1. The molecule has 1 aromatic heterocycles. The summed E-state index contributed by atoms with van der Waals surface area (Å²) in [5.74, 6) is -0.403. The van der Waals surface area contributed by atoms with Crippen LogP contribution in [0.5, 0.6) is 0 Å². The number of carbonyl (C=O) groups is 2. The maximum atomic E-state index is 12.5. The summed E-state index contributed by atoms with van der Waals surface area (Å²) < 4.78 is 6.68. The first-order valence-electron chi connectivity index (χ1n) is 8.40. The Bertz CT molecular complexity index is 800. The van der Waals surface area contributed by atoms with E-state index in [2.05, 4.69) is 15.5 Å². The van der Waals surface area contributed by atoms with Crippen molar-refractivity contribution >= 4 is 23.2 Å². The molecule has 0 atom stereocenters. The lowest BCUT2D eigenvalue weighted by atomic mass is 10.1. The molecule has 0 unspecified atom stereocenters. The molecule has 0 radical (unpaired) electrons. The lowest BCUT2D eigenvalue weighted by Crippen LogP contribution is -2.35. The molecule has 0 saturated heterocycles. The summed E-state index contributed by atoms with van der Waals surface area (Å²) in [5.41, 5.74) is 1.89. The molecule has 2 amide bonds. The van der Waals surface area contributed by atoms with Gasteiger partial charge in [-0.05, 0) is 5.56 Å². The van der Waals surface area contributed by atoms with E-state index in [-0.39, 0.29) is 18.2 Å². The van der Waals surface area contributed by atoms with Crippen LogP contribution in [0.15, 0.2) is 47.8 Å². The van der Waals surface area contributed by atoms with E-state index in [0.717, 1.165) is 5.56 Å². The molecule has 0 aliphatic carbocycles. The predicted octanol–water partition coefficient (Wildman–Crippen LogP) is 1.65. The van der Waals surface area contributed by atoms with E-state index >= 15 is 0 Å². The summed E-state index contributed by atoms with van der Waals surface area (Å²) in [6, 6.07) is 9.57. The van der Waals surface area contributed by atoms with Gasteiger partial charge in [-0.2, -0.15) is 10.2 Å². The summed E-state index contributed by atoms with van der Waals surface area (Å²) in [6.45, 7) is 1.50. The first-order chi connectivity index (χ1) is 12.7. The summed E-state index contributed by atoms with van der Waals surface area (Å²) >= 11 is 0. The summed E-state index contributed by atoms with van der Waals surface area (Å²) in [5, 5.41) is 12.5. The number of hydrazone groups is 1. The Morgan fingerprint density at radius 2 is 2.08 bits per heavy atom. The molecule has 3 rings (SSSR count). The second-order valence-corrected chi connectivity index (χ2v) is 5.92. The van der Waals surface area contributed by atoms with Crippen molar-refractivity contribution in [3.8, 4) is 0 Å². The van der Waals surface area contributed by atoms with Crippen molar-refractivity contribution in [2.75, 3.05) is 19.0 Å². The molecular formula is C18H21N5O3. The molecule has 8 nitrogen and oxygen atoms in total. The number of nitrogens with one attached hydrogen (secondary N) is 1. The van der Waals surface area contributed by atoms with Crippen LogP contribution in [0.1, 0.15) is 18.4 Å². The van der Waals surface area contributed by atoms with Gasteiger partial charge in [0.25, 0.3) is 5.91 Å². The fraction of sp³-hybridized carbons (Fsp3) is 0.333. The molecular weight excluding hydrogens is 334 g/mol. The normalized spacial score (nSPS) is 14.3. The zero-order valence-corrected chi connectivity index (χ0v) is 14.6. The first kappa shape index (κ1) is 17.8. The monoisotopic (exact) mass is 355 g/mol. The van der Waals surface area contributed by atoms with E-state index in [1.54, 1.807) is 24.2 Å². The minimum absolute atomic E-state index is 0.0854. The Labute approximate surface area is 151 Å². The van der Waals surface area contributed by atoms with Gasteiger partial charge in [0.2, 0.25) is 5.91 Å². The molecule has 8 heteroatoms. The Morgan fingerprint density at radius 3 is 2.85 bits per heavy atom. The van der Waals surface area contributed by atoms with Gasteiger partial charge in [0.1, 0.15) is 5.71 Å². The molecule has 2 aromatic rings. The van der Waals surface area contributed by atoms with Crippen LogP contribution in [0.4, 0.5) is 5.69 Å². The first-order valence-corrected chi connectivity index (χ1v) is 8.40. The van der Waals surface area contributed by atoms with Gasteiger partial charge in [-0.25, -0.2) is 5.01 Å². The third-order valence-electron chi connectivity index (χ3n) is 3.96. The largest absolute Gasteiger partial charge is 0.383 e. The second kappa shape index (κ2) is 8.39. The zero-order valence-electron chi connectivity index (χ0n) is 14.6. The smallest absolute Gasteiger partial charge is 0.271 e. The van der Waals surface area contributed by atoms with Crippen LogP contribution >= 0.6 is 0 Å². The maximum absolute atomic E-state index is 12.5. The quantitative estimate of drug-likeness (QED) is 0.818. The van der Waals surface area contributed by atoms with Gasteiger partial charge in [0.15, 0.2) is 0 Å².